The summed E-state index contributed by atoms with van der Waals surface area (Å²) in [6.07, 6.45) is 0.0857. The lowest BCUT2D eigenvalue weighted by Crippen LogP contribution is -2.24. The van der Waals surface area contributed by atoms with E-state index in [0.717, 1.165) is 0 Å². The van der Waals surface area contributed by atoms with Crippen LogP contribution >= 0.6 is 0 Å². The molecule has 0 aliphatic carbocycles. The summed E-state index contributed by atoms with van der Waals surface area (Å²) in [4.78, 5) is 5.22. The van der Waals surface area contributed by atoms with Crippen LogP contribution in [0.25, 0.3) is 0 Å². The summed E-state index contributed by atoms with van der Waals surface area (Å²) >= 11 is 0. The first-order valence-corrected chi connectivity index (χ1v) is 4.12. The summed E-state index contributed by atoms with van der Waals surface area (Å²) in [5, 5.41) is 3.80. The molecule has 0 aromatic carbocycles. The van der Waals surface area contributed by atoms with Gasteiger partial charge in [0.25, 0.3) is 0 Å². The van der Waals surface area contributed by atoms with Gasteiger partial charge in [-0.05, 0) is 6.92 Å². The van der Waals surface area contributed by atoms with Crippen molar-refractivity contribution in [2.75, 3.05) is 7.11 Å². The van der Waals surface area contributed by atoms with Gasteiger partial charge in [-0.25, -0.2) is 0 Å². The van der Waals surface area contributed by atoms with Gasteiger partial charge in [0.1, 0.15) is 6.10 Å². The Hall–Kier alpha value is -0.730. The average molecular weight is 173 g/mol. The maximum absolute atomic E-state index is 5.22. The van der Waals surface area contributed by atoms with Gasteiger partial charge in [0.05, 0.1) is 7.11 Å². The second-order valence-corrected chi connectivity index (χ2v) is 3.93. The first-order chi connectivity index (χ1) is 5.38. The van der Waals surface area contributed by atoms with E-state index >= 15 is 0 Å². The maximum atomic E-state index is 5.22. The van der Waals surface area contributed by atoms with Crippen LogP contribution in [0.4, 0.5) is 0 Å². The zero-order valence-electron chi connectivity index (χ0n) is 8.84. The van der Waals surface area contributed by atoms with Crippen LogP contribution < -0.4 is 0 Å². The fourth-order valence-electron chi connectivity index (χ4n) is 0.349. The van der Waals surface area contributed by atoms with E-state index in [2.05, 4.69) is 25.9 Å². The third-order valence-corrected chi connectivity index (χ3v) is 1.85. The molecule has 0 aliphatic rings. The van der Waals surface area contributed by atoms with Gasteiger partial charge in [-0.1, -0.05) is 25.9 Å². The molecule has 0 radical (unpaired) electrons. The molecule has 0 N–H and O–H groups in total. The van der Waals surface area contributed by atoms with E-state index in [0.29, 0.717) is 5.90 Å². The summed E-state index contributed by atoms with van der Waals surface area (Å²) in [5.74, 6) is 0.547. The summed E-state index contributed by atoms with van der Waals surface area (Å²) in [7, 11) is 1.57. The van der Waals surface area contributed by atoms with E-state index in [1.807, 2.05) is 6.92 Å². The van der Waals surface area contributed by atoms with Crippen molar-refractivity contribution in [3.8, 4) is 0 Å². The molecule has 1 unspecified atom stereocenters. The SMILES string of the molecule is CO/C(C)=N/OC(C)C(C)(C)C. The van der Waals surface area contributed by atoms with Crippen molar-refractivity contribution in [2.45, 2.75) is 40.7 Å². The predicted molar refractivity (Wildman–Crippen MR) is 50.1 cm³/mol. The summed E-state index contributed by atoms with van der Waals surface area (Å²) in [6, 6.07) is 0. The average Bonchev–Trinajstić information content (AvgIpc) is 1.97. The molecule has 72 valence electrons. The number of hydrogen-bond acceptors (Lipinski definition) is 3. The monoisotopic (exact) mass is 173 g/mol. The molecule has 0 saturated carbocycles. The summed E-state index contributed by atoms with van der Waals surface area (Å²) < 4.78 is 4.84. The molecule has 12 heavy (non-hydrogen) atoms. The third kappa shape index (κ3) is 4.21. The zero-order chi connectivity index (χ0) is 9.78. The zero-order valence-corrected chi connectivity index (χ0v) is 8.84. The summed E-state index contributed by atoms with van der Waals surface area (Å²) in [6.45, 7) is 10.1. The number of rotatable bonds is 2. The van der Waals surface area contributed by atoms with Crippen LogP contribution in [-0.2, 0) is 9.57 Å². The van der Waals surface area contributed by atoms with Gasteiger partial charge in [0.15, 0.2) is 0 Å². The standard InChI is InChI=1S/C9H19NO2/c1-7(9(3,4)5)12-10-8(2)11-6/h7H,1-6H3/b10-8+. The smallest absolute Gasteiger partial charge is 0.222 e. The van der Waals surface area contributed by atoms with E-state index in [1.54, 1.807) is 14.0 Å². The molecule has 3 nitrogen and oxygen atoms in total. The van der Waals surface area contributed by atoms with Gasteiger partial charge < -0.3 is 9.57 Å². The Balaban J connectivity index is 3.94. The van der Waals surface area contributed by atoms with E-state index < -0.39 is 0 Å². The number of ether oxygens (including phenoxy) is 1. The first kappa shape index (κ1) is 11.3. The first-order valence-electron chi connectivity index (χ1n) is 4.12. The van der Waals surface area contributed by atoms with Crippen molar-refractivity contribution in [2.24, 2.45) is 10.6 Å². The molecule has 1 atom stereocenters. The van der Waals surface area contributed by atoms with E-state index in [-0.39, 0.29) is 11.5 Å². The topological polar surface area (TPSA) is 30.8 Å². The van der Waals surface area contributed by atoms with E-state index in [1.165, 1.54) is 0 Å². The normalized spacial score (nSPS) is 15.7. The minimum Gasteiger partial charge on any atom is -0.482 e. The minimum atomic E-state index is 0.0857. The van der Waals surface area contributed by atoms with Crippen molar-refractivity contribution < 1.29 is 9.57 Å². The second kappa shape index (κ2) is 4.33. The van der Waals surface area contributed by atoms with Crippen molar-refractivity contribution in [1.82, 2.24) is 0 Å². The fraction of sp³-hybridized carbons (Fsp3) is 0.889. The van der Waals surface area contributed by atoms with Gasteiger partial charge in [-0.2, -0.15) is 0 Å². The highest BCUT2D eigenvalue weighted by Crippen LogP contribution is 2.21. The molecule has 0 aliphatic heterocycles. The number of methoxy groups -OCH3 is 1. The minimum absolute atomic E-state index is 0.0857. The highest BCUT2D eigenvalue weighted by Gasteiger charge is 2.21. The fourth-order valence-corrected chi connectivity index (χ4v) is 0.349. The molecule has 0 amide bonds. The van der Waals surface area contributed by atoms with Crippen LogP contribution in [0, 0.1) is 5.41 Å². The van der Waals surface area contributed by atoms with Crippen molar-refractivity contribution >= 4 is 5.90 Å². The van der Waals surface area contributed by atoms with Crippen LogP contribution in [-0.4, -0.2) is 19.1 Å². The van der Waals surface area contributed by atoms with Crippen molar-refractivity contribution in [3.63, 3.8) is 0 Å². The Labute approximate surface area is 74.7 Å². The Kier molecular flexibility index (Phi) is 4.07. The van der Waals surface area contributed by atoms with E-state index in [9.17, 15) is 0 Å². The Morgan fingerprint density at radius 1 is 1.33 bits per heavy atom. The molecule has 0 bridgehead atoms. The van der Waals surface area contributed by atoms with Gasteiger partial charge in [0, 0.05) is 12.3 Å². The highest BCUT2D eigenvalue weighted by atomic mass is 16.7. The lowest BCUT2D eigenvalue weighted by molar-refractivity contribution is -0.00487. The van der Waals surface area contributed by atoms with Gasteiger partial charge in [-0.3, -0.25) is 0 Å². The van der Waals surface area contributed by atoms with Crippen LogP contribution in [0.5, 0.6) is 0 Å². The summed E-state index contributed by atoms with van der Waals surface area (Å²) in [5.41, 5.74) is 0.109. The Morgan fingerprint density at radius 3 is 2.17 bits per heavy atom. The number of oxime groups is 1. The molecule has 0 aromatic heterocycles. The van der Waals surface area contributed by atoms with Crippen molar-refractivity contribution in [3.05, 3.63) is 0 Å². The molecule has 0 saturated heterocycles. The molecular weight excluding hydrogens is 154 g/mol. The lowest BCUT2D eigenvalue weighted by Gasteiger charge is -2.24. The van der Waals surface area contributed by atoms with Crippen molar-refractivity contribution in [1.29, 1.82) is 0 Å². The second-order valence-electron chi connectivity index (χ2n) is 3.93. The van der Waals surface area contributed by atoms with Crippen LogP contribution in [0.1, 0.15) is 34.6 Å². The highest BCUT2D eigenvalue weighted by molar-refractivity contribution is 5.72. The number of hydrogen-bond donors (Lipinski definition) is 0. The predicted octanol–water partition coefficient (Wildman–Crippen LogP) is 2.42. The molecule has 0 aromatic rings. The lowest BCUT2D eigenvalue weighted by atomic mass is 9.90. The maximum Gasteiger partial charge on any atom is 0.222 e. The third-order valence-electron chi connectivity index (χ3n) is 1.85. The quantitative estimate of drug-likeness (QED) is 0.365. The van der Waals surface area contributed by atoms with E-state index in [4.69, 9.17) is 9.57 Å². The molecule has 0 heterocycles. The van der Waals surface area contributed by atoms with Crippen LogP contribution in [0.3, 0.4) is 0 Å². The molecule has 0 rings (SSSR count). The molecule has 3 heteroatoms. The van der Waals surface area contributed by atoms with Gasteiger partial charge in [-0.15, -0.1) is 0 Å². The van der Waals surface area contributed by atoms with Gasteiger partial charge >= 0.3 is 0 Å². The van der Waals surface area contributed by atoms with Crippen LogP contribution in [0.2, 0.25) is 0 Å². The molecular formula is C9H19NO2. The molecule has 0 fully saturated rings. The largest absolute Gasteiger partial charge is 0.482 e. The molecule has 0 spiro atoms. The Bertz CT molecular complexity index is 158. The Morgan fingerprint density at radius 2 is 1.83 bits per heavy atom. The number of nitrogens with zero attached hydrogens (tertiary/aromatic N) is 1. The van der Waals surface area contributed by atoms with Crippen LogP contribution in [0.15, 0.2) is 5.16 Å². The van der Waals surface area contributed by atoms with Gasteiger partial charge in [0.2, 0.25) is 5.90 Å².